The Balaban J connectivity index is 1.83. The second-order valence-corrected chi connectivity index (χ2v) is 8.24. The van der Waals surface area contributed by atoms with Crippen molar-refractivity contribution >= 4 is 35.0 Å². The Morgan fingerprint density at radius 2 is 1.88 bits per heavy atom. The standard InChI is InChI=1S/C24H20ClF3N4O/c1-31(2)21(29)11-14-6-3-4-7-16(14)15-10-20(25)30-22(12-15)32-13-18-17(23(32)33)8-5-9-19(18)24(26,27)28/h3-12,29-30H,13H2,1-2H3/b14-11+,16-15+,29-21?. The molecule has 0 saturated heterocycles. The molecule has 0 unspecified atom stereocenters. The van der Waals surface area contributed by atoms with Gasteiger partial charge in [-0.05, 0) is 51.9 Å². The largest absolute Gasteiger partial charge is 0.416 e. The molecule has 0 bridgehead atoms. The quantitative estimate of drug-likeness (QED) is 0.400. The maximum absolute atomic E-state index is 13.5. The molecule has 2 N–H and O–H groups in total. The van der Waals surface area contributed by atoms with Crippen molar-refractivity contribution < 1.29 is 18.0 Å². The van der Waals surface area contributed by atoms with E-state index in [1.54, 1.807) is 37.2 Å². The van der Waals surface area contributed by atoms with Crippen LogP contribution in [-0.4, -0.2) is 35.6 Å². The summed E-state index contributed by atoms with van der Waals surface area (Å²) < 4.78 is 40.4. The Kier molecular flexibility index (Phi) is 5.80. The average molecular weight is 473 g/mol. The number of rotatable bonds is 2. The van der Waals surface area contributed by atoms with Gasteiger partial charge >= 0.3 is 6.18 Å². The van der Waals surface area contributed by atoms with Crippen LogP contribution in [0.25, 0.3) is 11.6 Å². The Labute approximate surface area is 193 Å². The molecule has 2 aromatic carbocycles. The summed E-state index contributed by atoms with van der Waals surface area (Å²) in [5.41, 5.74) is -0.196. The first-order chi connectivity index (χ1) is 15.6. The minimum Gasteiger partial charge on any atom is -0.363 e. The molecule has 5 nitrogen and oxygen atoms in total. The van der Waals surface area contributed by atoms with E-state index in [2.05, 4.69) is 5.32 Å². The summed E-state index contributed by atoms with van der Waals surface area (Å²) in [6.07, 6.45) is 0.489. The number of amides is 1. The van der Waals surface area contributed by atoms with Crippen molar-refractivity contribution in [3.05, 3.63) is 92.7 Å². The predicted molar refractivity (Wildman–Crippen MR) is 121 cm³/mol. The smallest absolute Gasteiger partial charge is 0.363 e. The van der Waals surface area contributed by atoms with Crippen LogP contribution in [0.1, 0.15) is 21.5 Å². The van der Waals surface area contributed by atoms with Crippen molar-refractivity contribution in [3.63, 3.8) is 0 Å². The van der Waals surface area contributed by atoms with E-state index in [0.29, 0.717) is 11.4 Å². The van der Waals surface area contributed by atoms with Crippen LogP contribution in [-0.2, 0) is 12.7 Å². The molecule has 0 aromatic heterocycles. The molecule has 0 aliphatic carbocycles. The van der Waals surface area contributed by atoms with Gasteiger partial charge in [-0.3, -0.25) is 15.1 Å². The number of carbonyl (C=O) groups is 1. The predicted octanol–water partition coefficient (Wildman–Crippen LogP) is 3.36. The number of nitrogens with zero attached hydrogens (tertiary/aromatic N) is 2. The lowest BCUT2D eigenvalue weighted by molar-refractivity contribution is -0.138. The van der Waals surface area contributed by atoms with E-state index in [-0.39, 0.29) is 28.6 Å². The molecule has 0 saturated carbocycles. The number of amidine groups is 1. The Bertz CT molecular complexity index is 1340. The van der Waals surface area contributed by atoms with Gasteiger partial charge in [-0.15, -0.1) is 0 Å². The van der Waals surface area contributed by atoms with Crippen LogP contribution in [0.3, 0.4) is 0 Å². The van der Waals surface area contributed by atoms with Gasteiger partial charge in [0, 0.05) is 19.7 Å². The number of allylic oxidation sites excluding steroid dienone is 2. The van der Waals surface area contributed by atoms with Gasteiger partial charge in [0.15, 0.2) is 0 Å². The SMILES string of the molecule is CN(C)C(=N)/C=c1\cccc\c1=C1\C=C(Cl)NC(N2Cc3c(cccc3C(F)(F)F)C2=O)=C1. The first-order valence-electron chi connectivity index (χ1n) is 10.00. The topological polar surface area (TPSA) is 59.4 Å². The molecule has 0 radical (unpaired) electrons. The van der Waals surface area contributed by atoms with E-state index < -0.39 is 17.6 Å². The van der Waals surface area contributed by atoms with E-state index in [0.717, 1.165) is 16.5 Å². The molecule has 33 heavy (non-hydrogen) atoms. The highest BCUT2D eigenvalue weighted by Gasteiger charge is 2.40. The van der Waals surface area contributed by atoms with Gasteiger partial charge in [-0.25, -0.2) is 0 Å². The molecular weight excluding hydrogens is 453 g/mol. The van der Waals surface area contributed by atoms with Crippen LogP contribution < -0.4 is 15.8 Å². The van der Waals surface area contributed by atoms with Crippen LogP contribution in [0.2, 0.25) is 0 Å². The molecular formula is C24H20ClF3N4O. The lowest BCUT2D eigenvalue weighted by atomic mass is 10.0. The second kappa shape index (κ2) is 8.44. The Hall–Kier alpha value is -3.52. The highest BCUT2D eigenvalue weighted by molar-refractivity contribution is 6.30. The minimum atomic E-state index is -4.56. The second-order valence-electron chi connectivity index (χ2n) is 7.83. The van der Waals surface area contributed by atoms with E-state index in [9.17, 15) is 18.0 Å². The van der Waals surface area contributed by atoms with Crippen molar-refractivity contribution in [2.45, 2.75) is 12.7 Å². The normalized spacial score (nSPS) is 17.9. The number of fused-ring (bicyclic) bond motifs is 1. The summed E-state index contributed by atoms with van der Waals surface area (Å²) in [6.45, 7) is -0.223. The Morgan fingerprint density at radius 3 is 2.58 bits per heavy atom. The van der Waals surface area contributed by atoms with Gasteiger partial charge in [0.25, 0.3) is 5.91 Å². The third-order valence-corrected chi connectivity index (χ3v) is 5.64. The molecule has 2 aliphatic rings. The summed E-state index contributed by atoms with van der Waals surface area (Å²) in [7, 11) is 3.53. The van der Waals surface area contributed by atoms with Crippen molar-refractivity contribution in [1.29, 1.82) is 5.41 Å². The van der Waals surface area contributed by atoms with Crippen molar-refractivity contribution in [2.75, 3.05) is 14.1 Å². The van der Waals surface area contributed by atoms with E-state index in [1.165, 1.54) is 17.0 Å². The fraction of sp³-hybridized carbons (Fsp3) is 0.167. The molecule has 2 aromatic rings. The minimum absolute atomic E-state index is 0.0212. The molecule has 0 spiro atoms. The molecule has 0 atom stereocenters. The summed E-state index contributed by atoms with van der Waals surface area (Å²) in [6, 6.07) is 11.0. The number of hydrogen-bond acceptors (Lipinski definition) is 3. The van der Waals surface area contributed by atoms with Gasteiger partial charge in [0.05, 0.1) is 12.1 Å². The van der Waals surface area contributed by atoms with Crippen molar-refractivity contribution in [1.82, 2.24) is 15.1 Å². The van der Waals surface area contributed by atoms with Gasteiger partial charge in [-0.2, -0.15) is 13.2 Å². The zero-order chi connectivity index (χ0) is 23.9. The number of halogens is 4. The van der Waals surface area contributed by atoms with Crippen LogP contribution in [0.15, 0.2) is 65.6 Å². The number of benzene rings is 2. The third kappa shape index (κ3) is 4.39. The molecule has 2 heterocycles. The summed E-state index contributed by atoms with van der Waals surface area (Å²) in [5.74, 6) is 0.0419. The fourth-order valence-electron chi connectivity index (χ4n) is 3.78. The number of nitrogens with one attached hydrogen (secondary N) is 2. The maximum atomic E-state index is 13.5. The number of dihydropyridines is 1. The molecule has 170 valence electrons. The van der Waals surface area contributed by atoms with Crippen LogP contribution in [0.4, 0.5) is 13.2 Å². The van der Waals surface area contributed by atoms with Gasteiger partial charge < -0.3 is 10.2 Å². The van der Waals surface area contributed by atoms with E-state index in [4.69, 9.17) is 17.0 Å². The Morgan fingerprint density at radius 1 is 1.15 bits per heavy atom. The number of alkyl halides is 3. The first kappa shape index (κ1) is 22.7. The van der Waals surface area contributed by atoms with Crippen LogP contribution in [0.5, 0.6) is 0 Å². The van der Waals surface area contributed by atoms with Crippen molar-refractivity contribution in [2.24, 2.45) is 0 Å². The highest BCUT2D eigenvalue weighted by atomic mass is 35.5. The monoisotopic (exact) mass is 472 g/mol. The van der Waals surface area contributed by atoms with E-state index >= 15 is 0 Å². The van der Waals surface area contributed by atoms with Crippen molar-refractivity contribution in [3.8, 4) is 0 Å². The average Bonchev–Trinajstić information content (AvgIpc) is 3.09. The van der Waals surface area contributed by atoms with E-state index in [1.807, 2.05) is 24.3 Å². The lowest BCUT2D eigenvalue weighted by Gasteiger charge is -2.24. The van der Waals surface area contributed by atoms with Gasteiger partial charge in [-0.1, -0.05) is 41.9 Å². The molecule has 4 rings (SSSR count). The van der Waals surface area contributed by atoms with Crippen LogP contribution >= 0.6 is 11.6 Å². The molecule has 9 heteroatoms. The number of hydrogen-bond donors (Lipinski definition) is 2. The van der Waals surface area contributed by atoms with Gasteiger partial charge in [0.2, 0.25) is 0 Å². The summed E-state index contributed by atoms with van der Waals surface area (Å²) in [4.78, 5) is 15.9. The number of carbonyl (C=O) groups excluding carboxylic acids is 1. The highest BCUT2D eigenvalue weighted by Crippen LogP contribution is 2.38. The lowest BCUT2D eigenvalue weighted by Crippen LogP contribution is -2.35. The zero-order valence-corrected chi connectivity index (χ0v) is 18.6. The fourth-order valence-corrected chi connectivity index (χ4v) is 3.99. The van der Waals surface area contributed by atoms with Crippen LogP contribution in [0, 0.1) is 5.41 Å². The maximum Gasteiger partial charge on any atom is 0.416 e. The molecule has 2 aliphatic heterocycles. The first-order valence-corrected chi connectivity index (χ1v) is 10.4. The van der Waals surface area contributed by atoms with Gasteiger partial charge in [0.1, 0.15) is 16.8 Å². The zero-order valence-electron chi connectivity index (χ0n) is 17.8. The summed E-state index contributed by atoms with van der Waals surface area (Å²) in [5, 5.41) is 12.8. The third-order valence-electron chi connectivity index (χ3n) is 5.43. The summed E-state index contributed by atoms with van der Waals surface area (Å²) >= 11 is 6.32. The molecule has 1 amide bonds. The molecule has 0 fully saturated rings.